The van der Waals surface area contributed by atoms with E-state index in [-0.39, 0.29) is 0 Å². The standard InChI is InChI=1S/C19H31NO/c1-4-14-21-18-10-12-20(13-11-18)15-19(16(2)3)17-8-6-5-7-9-17/h5-9,16,18-19H,4,10-15H2,1-3H3. The second kappa shape index (κ2) is 8.55. The van der Waals surface area contributed by atoms with Gasteiger partial charge < -0.3 is 9.64 Å². The highest BCUT2D eigenvalue weighted by molar-refractivity contribution is 5.20. The van der Waals surface area contributed by atoms with Crippen molar-refractivity contribution >= 4 is 0 Å². The first-order chi connectivity index (χ1) is 10.2. The average molecular weight is 289 g/mol. The topological polar surface area (TPSA) is 12.5 Å². The summed E-state index contributed by atoms with van der Waals surface area (Å²) in [5.74, 6) is 1.32. The summed E-state index contributed by atoms with van der Waals surface area (Å²) in [5.41, 5.74) is 1.48. The molecule has 1 atom stereocenters. The number of hydrogen-bond donors (Lipinski definition) is 0. The number of likely N-dealkylation sites (tertiary alicyclic amines) is 1. The van der Waals surface area contributed by atoms with Gasteiger partial charge in [0.25, 0.3) is 0 Å². The number of piperidine rings is 1. The fourth-order valence-corrected chi connectivity index (χ4v) is 3.22. The van der Waals surface area contributed by atoms with Crippen LogP contribution in [0.2, 0.25) is 0 Å². The number of hydrogen-bond acceptors (Lipinski definition) is 2. The Balaban J connectivity index is 1.85. The quantitative estimate of drug-likeness (QED) is 0.741. The molecule has 0 radical (unpaired) electrons. The van der Waals surface area contributed by atoms with Gasteiger partial charge in [0.2, 0.25) is 0 Å². The SMILES string of the molecule is CCCOC1CCN(CC(c2ccccc2)C(C)C)CC1. The number of nitrogens with zero attached hydrogens (tertiary/aromatic N) is 1. The predicted octanol–water partition coefficient (Wildman–Crippen LogP) is 4.32. The molecule has 21 heavy (non-hydrogen) atoms. The van der Waals surface area contributed by atoms with Gasteiger partial charge in [-0.3, -0.25) is 0 Å². The summed E-state index contributed by atoms with van der Waals surface area (Å²) in [6.07, 6.45) is 4.01. The van der Waals surface area contributed by atoms with Crippen LogP contribution in [-0.2, 0) is 4.74 Å². The third kappa shape index (κ3) is 5.12. The van der Waals surface area contributed by atoms with Crippen LogP contribution < -0.4 is 0 Å². The van der Waals surface area contributed by atoms with Gasteiger partial charge in [0.05, 0.1) is 6.10 Å². The first-order valence-corrected chi connectivity index (χ1v) is 8.59. The van der Waals surface area contributed by atoms with Crippen LogP contribution in [0, 0.1) is 5.92 Å². The maximum atomic E-state index is 5.89. The molecular weight excluding hydrogens is 258 g/mol. The summed E-state index contributed by atoms with van der Waals surface area (Å²) >= 11 is 0. The zero-order chi connectivity index (χ0) is 15.1. The predicted molar refractivity (Wildman–Crippen MR) is 89.7 cm³/mol. The number of ether oxygens (including phenoxy) is 1. The largest absolute Gasteiger partial charge is 0.378 e. The highest BCUT2D eigenvalue weighted by atomic mass is 16.5. The first-order valence-electron chi connectivity index (χ1n) is 8.59. The number of benzene rings is 1. The van der Waals surface area contributed by atoms with E-state index in [9.17, 15) is 0 Å². The molecule has 2 heteroatoms. The molecule has 0 spiro atoms. The molecule has 118 valence electrons. The van der Waals surface area contributed by atoms with E-state index in [0.29, 0.717) is 17.9 Å². The van der Waals surface area contributed by atoms with Gasteiger partial charge in [0, 0.05) is 26.2 Å². The lowest BCUT2D eigenvalue weighted by atomic mass is 9.87. The molecule has 1 unspecified atom stereocenters. The van der Waals surface area contributed by atoms with E-state index >= 15 is 0 Å². The van der Waals surface area contributed by atoms with Crippen LogP contribution in [0.15, 0.2) is 30.3 Å². The van der Waals surface area contributed by atoms with Crippen LogP contribution in [0.1, 0.15) is 51.5 Å². The van der Waals surface area contributed by atoms with Crippen LogP contribution in [0.4, 0.5) is 0 Å². The lowest BCUT2D eigenvalue weighted by Crippen LogP contribution is -2.40. The van der Waals surface area contributed by atoms with Crippen LogP contribution in [-0.4, -0.2) is 37.2 Å². The van der Waals surface area contributed by atoms with Gasteiger partial charge in [-0.25, -0.2) is 0 Å². The zero-order valence-electron chi connectivity index (χ0n) is 13.9. The van der Waals surface area contributed by atoms with Gasteiger partial charge in [0.1, 0.15) is 0 Å². The van der Waals surface area contributed by atoms with E-state index in [4.69, 9.17) is 4.74 Å². The summed E-state index contributed by atoms with van der Waals surface area (Å²) in [5, 5.41) is 0. The van der Waals surface area contributed by atoms with Gasteiger partial charge in [-0.1, -0.05) is 51.1 Å². The summed E-state index contributed by atoms with van der Waals surface area (Å²) < 4.78 is 5.89. The fraction of sp³-hybridized carbons (Fsp3) is 0.684. The first kappa shape index (κ1) is 16.5. The highest BCUT2D eigenvalue weighted by Gasteiger charge is 2.24. The molecule has 0 saturated carbocycles. The van der Waals surface area contributed by atoms with Crippen LogP contribution >= 0.6 is 0 Å². The number of rotatable bonds is 7. The van der Waals surface area contributed by atoms with Crippen LogP contribution in [0.25, 0.3) is 0 Å². The molecule has 0 bridgehead atoms. The normalized spacial score (nSPS) is 19.0. The van der Waals surface area contributed by atoms with Crippen molar-refractivity contribution in [3.8, 4) is 0 Å². The summed E-state index contributed by atoms with van der Waals surface area (Å²) in [7, 11) is 0. The molecule has 1 aliphatic heterocycles. The highest BCUT2D eigenvalue weighted by Crippen LogP contribution is 2.27. The zero-order valence-corrected chi connectivity index (χ0v) is 13.9. The van der Waals surface area contributed by atoms with Gasteiger partial charge in [-0.05, 0) is 36.7 Å². The second-order valence-electron chi connectivity index (χ2n) is 6.63. The van der Waals surface area contributed by atoms with Gasteiger partial charge >= 0.3 is 0 Å². The van der Waals surface area contributed by atoms with Crippen LogP contribution in [0.5, 0.6) is 0 Å². The molecule has 1 saturated heterocycles. The lowest BCUT2D eigenvalue weighted by molar-refractivity contribution is 0.00595. The maximum Gasteiger partial charge on any atom is 0.0599 e. The summed E-state index contributed by atoms with van der Waals surface area (Å²) in [6, 6.07) is 11.0. The Bertz CT molecular complexity index is 382. The van der Waals surface area contributed by atoms with Crippen molar-refractivity contribution in [1.82, 2.24) is 4.90 Å². The molecule has 0 amide bonds. The van der Waals surface area contributed by atoms with Crippen molar-refractivity contribution in [2.24, 2.45) is 5.92 Å². The van der Waals surface area contributed by atoms with Crippen molar-refractivity contribution in [2.75, 3.05) is 26.2 Å². The van der Waals surface area contributed by atoms with E-state index in [0.717, 1.165) is 13.0 Å². The Hall–Kier alpha value is -0.860. The molecular formula is C19H31NO. The van der Waals surface area contributed by atoms with Crippen molar-refractivity contribution in [1.29, 1.82) is 0 Å². The Kier molecular flexibility index (Phi) is 6.72. The Labute approximate surface area is 130 Å². The minimum absolute atomic E-state index is 0.496. The Morgan fingerprint density at radius 2 is 1.81 bits per heavy atom. The van der Waals surface area contributed by atoms with Crippen molar-refractivity contribution in [2.45, 2.75) is 52.1 Å². The van der Waals surface area contributed by atoms with Crippen LogP contribution in [0.3, 0.4) is 0 Å². The maximum absolute atomic E-state index is 5.89. The molecule has 0 aliphatic carbocycles. The van der Waals surface area contributed by atoms with E-state index in [1.807, 2.05) is 0 Å². The summed E-state index contributed by atoms with van der Waals surface area (Å²) in [4.78, 5) is 2.63. The Morgan fingerprint density at radius 1 is 1.14 bits per heavy atom. The van der Waals surface area contributed by atoms with Crippen molar-refractivity contribution in [3.05, 3.63) is 35.9 Å². The lowest BCUT2D eigenvalue weighted by Gasteiger charge is -2.35. The van der Waals surface area contributed by atoms with E-state index in [1.54, 1.807) is 0 Å². The smallest absolute Gasteiger partial charge is 0.0599 e. The fourth-order valence-electron chi connectivity index (χ4n) is 3.22. The average Bonchev–Trinajstić information content (AvgIpc) is 2.52. The van der Waals surface area contributed by atoms with Gasteiger partial charge in [-0.15, -0.1) is 0 Å². The van der Waals surface area contributed by atoms with E-state index < -0.39 is 0 Å². The molecule has 1 fully saturated rings. The third-order valence-corrected chi connectivity index (χ3v) is 4.58. The molecule has 0 N–H and O–H groups in total. The van der Waals surface area contributed by atoms with E-state index in [2.05, 4.69) is 56.0 Å². The molecule has 1 heterocycles. The molecule has 0 aromatic heterocycles. The van der Waals surface area contributed by atoms with Crippen molar-refractivity contribution < 1.29 is 4.74 Å². The van der Waals surface area contributed by atoms with Crippen molar-refractivity contribution in [3.63, 3.8) is 0 Å². The summed E-state index contributed by atoms with van der Waals surface area (Å²) in [6.45, 7) is 11.3. The molecule has 1 aliphatic rings. The minimum atomic E-state index is 0.496. The Morgan fingerprint density at radius 3 is 2.38 bits per heavy atom. The molecule has 1 aromatic carbocycles. The minimum Gasteiger partial charge on any atom is -0.378 e. The molecule has 1 aromatic rings. The van der Waals surface area contributed by atoms with Gasteiger partial charge in [0.15, 0.2) is 0 Å². The molecule has 2 rings (SSSR count). The molecule has 2 nitrogen and oxygen atoms in total. The third-order valence-electron chi connectivity index (χ3n) is 4.58. The monoisotopic (exact) mass is 289 g/mol. The van der Waals surface area contributed by atoms with E-state index in [1.165, 1.54) is 38.0 Å². The van der Waals surface area contributed by atoms with Gasteiger partial charge in [-0.2, -0.15) is 0 Å². The second-order valence-corrected chi connectivity index (χ2v) is 6.63.